The van der Waals surface area contributed by atoms with Gasteiger partial charge in [0, 0.05) is 26.2 Å². The van der Waals surface area contributed by atoms with Crippen LogP contribution in [0.5, 0.6) is 0 Å². The molecule has 1 fully saturated rings. The molecule has 6 nitrogen and oxygen atoms in total. The number of hydrogen-bond acceptors (Lipinski definition) is 3. The Bertz CT molecular complexity index is 296. The number of rotatable bonds is 7. The first-order chi connectivity index (χ1) is 9.15. The standard InChI is InChI=1S/C13H24N2O4/c1-2-3-8-19-9-6-14-13(18)15-7-4-5-11(10-15)12(16)17/h11H,2-10H2,1H3,(H,14,18)(H,16,17)/t11-/m0/s1. The average Bonchev–Trinajstić information content (AvgIpc) is 2.42. The zero-order chi connectivity index (χ0) is 14.1. The Morgan fingerprint density at radius 2 is 2.21 bits per heavy atom. The van der Waals surface area contributed by atoms with Crippen molar-refractivity contribution in [2.75, 3.05) is 32.8 Å². The van der Waals surface area contributed by atoms with Gasteiger partial charge in [-0.25, -0.2) is 4.79 Å². The number of amides is 2. The van der Waals surface area contributed by atoms with E-state index in [0.29, 0.717) is 32.7 Å². The van der Waals surface area contributed by atoms with E-state index in [1.165, 1.54) is 0 Å². The summed E-state index contributed by atoms with van der Waals surface area (Å²) in [7, 11) is 0. The Morgan fingerprint density at radius 3 is 2.89 bits per heavy atom. The van der Waals surface area contributed by atoms with Gasteiger partial charge in [0.15, 0.2) is 0 Å². The number of carboxylic acid groups (broad SMARTS) is 1. The molecule has 6 heteroatoms. The second-order valence-electron chi connectivity index (χ2n) is 4.82. The lowest BCUT2D eigenvalue weighted by Crippen LogP contribution is -2.47. The molecule has 2 amide bonds. The van der Waals surface area contributed by atoms with Crippen LogP contribution in [0.2, 0.25) is 0 Å². The molecule has 1 aliphatic heterocycles. The molecule has 0 spiro atoms. The fraction of sp³-hybridized carbons (Fsp3) is 0.846. The second-order valence-corrected chi connectivity index (χ2v) is 4.82. The Hall–Kier alpha value is -1.30. The van der Waals surface area contributed by atoms with E-state index in [4.69, 9.17) is 9.84 Å². The van der Waals surface area contributed by atoms with Crippen molar-refractivity contribution < 1.29 is 19.4 Å². The summed E-state index contributed by atoms with van der Waals surface area (Å²) < 4.78 is 5.34. The predicted octanol–water partition coefficient (Wildman–Crippen LogP) is 1.31. The fourth-order valence-corrected chi connectivity index (χ4v) is 2.05. The van der Waals surface area contributed by atoms with Gasteiger partial charge < -0.3 is 20.1 Å². The summed E-state index contributed by atoms with van der Waals surface area (Å²) in [4.78, 5) is 24.3. The van der Waals surface area contributed by atoms with E-state index >= 15 is 0 Å². The van der Waals surface area contributed by atoms with E-state index in [9.17, 15) is 9.59 Å². The molecule has 0 saturated carbocycles. The monoisotopic (exact) mass is 272 g/mol. The molecule has 1 saturated heterocycles. The average molecular weight is 272 g/mol. The van der Waals surface area contributed by atoms with Gasteiger partial charge in [-0.15, -0.1) is 0 Å². The lowest BCUT2D eigenvalue weighted by molar-refractivity contribution is -0.143. The van der Waals surface area contributed by atoms with Gasteiger partial charge in [-0.05, 0) is 19.3 Å². The number of nitrogens with zero attached hydrogens (tertiary/aromatic N) is 1. The summed E-state index contributed by atoms with van der Waals surface area (Å²) in [6.07, 6.45) is 3.52. The number of nitrogens with one attached hydrogen (secondary N) is 1. The summed E-state index contributed by atoms with van der Waals surface area (Å²) in [5.74, 6) is -1.25. The SMILES string of the molecule is CCCCOCCNC(=O)N1CCC[C@H](C(=O)O)C1. The summed E-state index contributed by atoms with van der Waals surface area (Å²) in [5.41, 5.74) is 0. The largest absolute Gasteiger partial charge is 0.481 e. The number of urea groups is 1. The van der Waals surface area contributed by atoms with Gasteiger partial charge in [-0.3, -0.25) is 4.79 Å². The van der Waals surface area contributed by atoms with Crippen LogP contribution in [0.3, 0.4) is 0 Å². The predicted molar refractivity (Wildman–Crippen MR) is 71.1 cm³/mol. The van der Waals surface area contributed by atoms with Crippen LogP contribution in [-0.2, 0) is 9.53 Å². The highest BCUT2D eigenvalue weighted by molar-refractivity contribution is 5.76. The van der Waals surface area contributed by atoms with Crippen molar-refractivity contribution in [3.05, 3.63) is 0 Å². The molecule has 1 aliphatic rings. The highest BCUT2D eigenvalue weighted by atomic mass is 16.5. The summed E-state index contributed by atoms with van der Waals surface area (Å²) in [6, 6.07) is -0.190. The van der Waals surface area contributed by atoms with Crippen molar-refractivity contribution in [3.63, 3.8) is 0 Å². The molecule has 0 unspecified atom stereocenters. The third-order valence-corrected chi connectivity index (χ3v) is 3.22. The maximum Gasteiger partial charge on any atom is 0.317 e. The van der Waals surface area contributed by atoms with Gasteiger partial charge >= 0.3 is 12.0 Å². The molecule has 1 rings (SSSR count). The molecule has 0 aromatic carbocycles. The lowest BCUT2D eigenvalue weighted by atomic mass is 9.99. The van der Waals surface area contributed by atoms with Crippen molar-refractivity contribution >= 4 is 12.0 Å². The van der Waals surface area contributed by atoms with Gasteiger partial charge in [-0.1, -0.05) is 13.3 Å². The molecule has 0 aromatic rings. The van der Waals surface area contributed by atoms with Crippen LogP contribution >= 0.6 is 0 Å². The number of carbonyl (C=O) groups is 2. The maximum atomic E-state index is 11.8. The topological polar surface area (TPSA) is 78.9 Å². The molecule has 2 N–H and O–H groups in total. The molecular formula is C13H24N2O4. The van der Waals surface area contributed by atoms with Crippen LogP contribution in [0.15, 0.2) is 0 Å². The van der Waals surface area contributed by atoms with Crippen molar-refractivity contribution in [1.29, 1.82) is 0 Å². The summed E-state index contributed by atoms with van der Waals surface area (Å²) in [6.45, 7) is 4.72. The number of likely N-dealkylation sites (tertiary alicyclic amines) is 1. The van der Waals surface area contributed by atoms with Crippen molar-refractivity contribution in [3.8, 4) is 0 Å². The first kappa shape index (κ1) is 15.8. The van der Waals surface area contributed by atoms with Crippen LogP contribution in [0, 0.1) is 5.92 Å². The Labute approximate surface area is 114 Å². The zero-order valence-electron chi connectivity index (χ0n) is 11.6. The first-order valence-electron chi connectivity index (χ1n) is 6.98. The van der Waals surface area contributed by atoms with Gasteiger partial charge in [0.25, 0.3) is 0 Å². The third kappa shape index (κ3) is 5.92. The highest BCUT2D eigenvalue weighted by Gasteiger charge is 2.27. The quantitative estimate of drug-likeness (QED) is 0.685. The highest BCUT2D eigenvalue weighted by Crippen LogP contribution is 2.16. The normalized spacial score (nSPS) is 19.2. The van der Waals surface area contributed by atoms with Gasteiger partial charge in [0.05, 0.1) is 12.5 Å². The van der Waals surface area contributed by atoms with E-state index < -0.39 is 11.9 Å². The minimum absolute atomic E-state index is 0.190. The Morgan fingerprint density at radius 1 is 1.42 bits per heavy atom. The van der Waals surface area contributed by atoms with Crippen LogP contribution < -0.4 is 5.32 Å². The number of carboxylic acids is 1. The van der Waals surface area contributed by atoms with Crippen LogP contribution in [0.25, 0.3) is 0 Å². The molecule has 1 atom stereocenters. The molecule has 110 valence electrons. The van der Waals surface area contributed by atoms with Gasteiger partial charge in [0.1, 0.15) is 0 Å². The van der Waals surface area contributed by atoms with E-state index in [-0.39, 0.29) is 6.03 Å². The van der Waals surface area contributed by atoms with E-state index in [1.807, 2.05) is 0 Å². The summed E-state index contributed by atoms with van der Waals surface area (Å²) in [5, 5.41) is 11.7. The minimum atomic E-state index is -0.819. The Balaban J connectivity index is 2.16. The van der Waals surface area contributed by atoms with Crippen LogP contribution in [0.4, 0.5) is 4.79 Å². The minimum Gasteiger partial charge on any atom is -0.481 e. The number of piperidine rings is 1. The number of carbonyl (C=O) groups excluding carboxylic acids is 1. The van der Waals surface area contributed by atoms with Crippen molar-refractivity contribution in [1.82, 2.24) is 10.2 Å². The number of ether oxygens (including phenoxy) is 1. The Kier molecular flexibility index (Phi) is 7.25. The number of aliphatic carboxylic acids is 1. The molecular weight excluding hydrogens is 248 g/mol. The number of hydrogen-bond donors (Lipinski definition) is 2. The van der Waals surface area contributed by atoms with E-state index in [1.54, 1.807) is 4.90 Å². The van der Waals surface area contributed by atoms with Crippen molar-refractivity contribution in [2.24, 2.45) is 5.92 Å². The first-order valence-corrected chi connectivity index (χ1v) is 6.98. The molecule has 19 heavy (non-hydrogen) atoms. The van der Waals surface area contributed by atoms with Crippen molar-refractivity contribution in [2.45, 2.75) is 32.6 Å². The molecule has 1 heterocycles. The third-order valence-electron chi connectivity index (χ3n) is 3.22. The van der Waals surface area contributed by atoms with Gasteiger partial charge in [-0.2, -0.15) is 0 Å². The van der Waals surface area contributed by atoms with Crippen LogP contribution in [0.1, 0.15) is 32.6 Å². The van der Waals surface area contributed by atoms with E-state index in [0.717, 1.165) is 25.9 Å². The summed E-state index contributed by atoms with van der Waals surface area (Å²) >= 11 is 0. The van der Waals surface area contributed by atoms with Gasteiger partial charge in [0.2, 0.25) is 0 Å². The maximum absolute atomic E-state index is 11.8. The molecule has 0 aromatic heterocycles. The zero-order valence-corrected chi connectivity index (χ0v) is 11.6. The molecule has 0 aliphatic carbocycles. The smallest absolute Gasteiger partial charge is 0.317 e. The van der Waals surface area contributed by atoms with Crippen LogP contribution in [-0.4, -0.2) is 54.9 Å². The fourth-order valence-electron chi connectivity index (χ4n) is 2.05. The lowest BCUT2D eigenvalue weighted by Gasteiger charge is -2.30. The molecule has 0 radical (unpaired) electrons. The number of unbranched alkanes of at least 4 members (excludes halogenated alkanes) is 1. The second kappa shape index (κ2) is 8.74. The molecule has 0 bridgehead atoms. The van der Waals surface area contributed by atoms with E-state index in [2.05, 4.69) is 12.2 Å².